The summed E-state index contributed by atoms with van der Waals surface area (Å²) in [6.45, 7) is 5.29. The Labute approximate surface area is 134 Å². The first-order valence-corrected chi connectivity index (χ1v) is 7.20. The first-order chi connectivity index (χ1) is 10.8. The van der Waals surface area contributed by atoms with E-state index in [2.05, 4.69) is 10.3 Å². The lowest BCUT2D eigenvalue weighted by molar-refractivity contribution is -0.112. The Balaban J connectivity index is 2.20. The Hall–Kier alpha value is -2.70. The molecule has 23 heavy (non-hydrogen) atoms. The van der Waals surface area contributed by atoms with Crippen molar-refractivity contribution in [2.45, 2.75) is 32.4 Å². The molecule has 122 valence electrons. The van der Waals surface area contributed by atoms with Gasteiger partial charge >= 0.3 is 6.09 Å². The predicted octanol–water partition coefficient (Wildman–Crippen LogP) is 2.37. The van der Waals surface area contributed by atoms with Crippen molar-refractivity contribution in [1.82, 2.24) is 19.9 Å². The van der Waals surface area contributed by atoms with Crippen molar-refractivity contribution in [3.8, 4) is 5.69 Å². The molecule has 1 atom stereocenters. The van der Waals surface area contributed by atoms with Crippen LogP contribution >= 0.6 is 0 Å². The van der Waals surface area contributed by atoms with E-state index in [0.717, 1.165) is 5.69 Å². The highest BCUT2D eigenvalue weighted by atomic mass is 16.6. The molecule has 0 saturated carbocycles. The quantitative estimate of drug-likeness (QED) is 0.809. The van der Waals surface area contributed by atoms with Crippen LogP contribution in [0.3, 0.4) is 0 Å². The van der Waals surface area contributed by atoms with E-state index >= 15 is 0 Å². The molecule has 0 spiro atoms. The number of rotatable bonds is 4. The minimum Gasteiger partial charge on any atom is -0.444 e. The zero-order valence-electron chi connectivity index (χ0n) is 13.6. The van der Waals surface area contributed by atoms with Crippen LogP contribution in [-0.4, -0.2) is 44.9 Å². The number of nitrogens with zero attached hydrogens (tertiary/aromatic N) is 4. The van der Waals surface area contributed by atoms with Gasteiger partial charge in [-0.2, -0.15) is 0 Å². The summed E-state index contributed by atoms with van der Waals surface area (Å²) in [5.74, 6) is 0. The van der Waals surface area contributed by atoms with Gasteiger partial charge in [-0.15, -0.1) is 5.10 Å². The van der Waals surface area contributed by atoms with Gasteiger partial charge in [-0.25, -0.2) is 9.48 Å². The fraction of sp³-hybridized carbons (Fsp3) is 0.375. The van der Waals surface area contributed by atoms with Gasteiger partial charge in [0.05, 0.1) is 11.9 Å². The maximum Gasteiger partial charge on any atom is 0.410 e. The second-order valence-electron chi connectivity index (χ2n) is 6.10. The lowest BCUT2D eigenvalue weighted by Gasteiger charge is -2.26. The Kier molecular flexibility index (Phi) is 4.78. The summed E-state index contributed by atoms with van der Waals surface area (Å²) in [6, 6.07) is 8.52. The number of aromatic nitrogens is 3. The molecule has 0 N–H and O–H groups in total. The van der Waals surface area contributed by atoms with Crippen LogP contribution in [0.1, 0.15) is 32.5 Å². The van der Waals surface area contributed by atoms with Crippen LogP contribution in [-0.2, 0) is 9.53 Å². The predicted molar refractivity (Wildman–Crippen MR) is 84.2 cm³/mol. The van der Waals surface area contributed by atoms with Crippen molar-refractivity contribution < 1.29 is 14.3 Å². The molecule has 0 saturated heterocycles. The summed E-state index contributed by atoms with van der Waals surface area (Å²) < 4.78 is 6.82. The van der Waals surface area contributed by atoms with Crippen LogP contribution in [0, 0.1) is 0 Å². The van der Waals surface area contributed by atoms with Gasteiger partial charge < -0.3 is 9.53 Å². The standard InChI is InChI=1S/C16H20N4O3/c1-16(2,3)23-15(22)19(4)14(11-21)13-10-20(18-17-13)12-8-6-5-7-9-12/h5-11,14H,1-4H3. The lowest BCUT2D eigenvalue weighted by Crippen LogP contribution is -2.37. The Morgan fingerprint density at radius 3 is 2.52 bits per heavy atom. The van der Waals surface area contributed by atoms with Crippen LogP contribution in [0.25, 0.3) is 5.69 Å². The van der Waals surface area contributed by atoms with Gasteiger partial charge in [-0.3, -0.25) is 4.90 Å². The van der Waals surface area contributed by atoms with Crippen LogP contribution in [0.2, 0.25) is 0 Å². The summed E-state index contributed by atoms with van der Waals surface area (Å²) in [6.07, 6.45) is 1.67. The molecule has 2 rings (SSSR count). The lowest BCUT2D eigenvalue weighted by atomic mass is 10.2. The average Bonchev–Trinajstić information content (AvgIpc) is 2.97. The van der Waals surface area contributed by atoms with E-state index in [1.165, 1.54) is 11.9 Å². The minimum atomic E-state index is -0.859. The minimum absolute atomic E-state index is 0.372. The molecule has 0 aliphatic heterocycles. The topological polar surface area (TPSA) is 77.3 Å². The van der Waals surface area contributed by atoms with Gasteiger partial charge in [-0.05, 0) is 32.9 Å². The number of hydrogen-bond donors (Lipinski definition) is 0. The number of amides is 1. The van der Waals surface area contributed by atoms with Crippen molar-refractivity contribution in [3.63, 3.8) is 0 Å². The maximum atomic E-state index is 12.1. The summed E-state index contributed by atoms with van der Waals surface area (Å²) >= 11 is 0. The van der Waals surface area contributed by atoms with Crippen LogP contribution in [0.4, 0.5) is 4.79 Å². The molecule has 7 heteroatoms. The molecular formula is C16H20N4O3. The third-order valence-corrected chi connectivity index (χ3v) is 3.06. The molecule has 7 nitrogen and oxygen atoms in total. The highest BCUT2D eigenvalue weighted by molar-refractivity contribution is 5.74. The molecule has 1 amide bonds. The SMILES string of the molecule is CN(C(=O)OC(C)(C)C)C(C=O)c1cn(-c2ccccc2)nn1. The zero-order chi connectivity index (χ0) is 17.0. The zero-order valence-corrected chi connectivity index (χ0v) is 13.6. The number of carbonyl (C=O) groups excluding carboxylic acids is 2. The van der Waals surface area contributed by atoms with E-state index in [-0.39, 0.29) is 0 Å². The summed E-state index contributed by atoms with van der Waals surface area (Å²) in [7, 11) is 1.49. The van der Waals surface area contributed by atoms with Gasteiger partial charge in [-0.1, -0.05) is 23.4 Å². The number of benzene rings is 1. The third kappa shape index (κ3) is 4.15. The average molecular weight is 316 g/mol. The molecule has 0 fully saturated rings. The van der Waals surface area contributed by atoms with Crippen molar-refractivity contribution in [3.05, 3.63) is 42.2 Å². The van der Waals surface area contributed by atoms with E-state index in [0.29, 0.717) is 12.0 Å². The normalized spacial score (nSPS) is 12.5. The Morgan fingerprint density at radius 1 is 1.30 bits per heavy atom. The van der Waals surface area contributed by atoms with Crippen LogP contribution in [0.5, 0.6) is 0 Å². The number of aldehydes is 1. The number of hydrogen-bond acceptors (Lipinski definition) is 5. The first kappa shape index (κ1) is 16.7. The van der Waals surface area contributed by atoms with Crippen LogP contribution in [0.15, 0.2) is 36.5 Å². The molecule has 1 unspecified atom stereocenters. The third-order valence-electron chi connectivity index (χ3n) is 3.06. The van der Waals surface area contributed by atoms with Crippen molar-refractivity contribution in [1.29, 1.82) is 0 Å². The Bertz CT molecular complexity index is 676. The summed E-state index contributed by atoms with van der Waals surface area (Å²) in [4.78, 5) is 24.7. The molecule has 1 heterocycles. The molecule has 1 aromatic heterocycles. The van der Waals surface area contributed by atoms with Crippen molar-refractivity contribution in [2.75, 3.05) is 7.05 Å². The van der Waals surface area contributed by atoms with Gasteiger partial charge in [0.25, 0.3) is 0 Å². The highest BCUT2D eigenvalue weighted by Gasteiger charge is 2.28. The summed E-state index contributed by atoms with van der Waals surface area (Å²) in [5, 5.41) is 8.00. The van der Waals surface area contributed by atoms with Gasteiger partial charge in [0.1, 0.15) is 23.6 Å². The van der Waals surface area contributed by atoms with Crippen LogP contribution < -0.4 is 0 Å². The first-order valence-electron chi connectivity index (χ1n) is 7.20. The number of likely N-dealkylation sites (N-methyl/N-ethyl adjacent to an activating group) is 1. The fourth-order valence-electron chi connectivity index (χ4n) is 1.93. The molecule has 0 bridgehead atoms. The largest absolute Gasteiger partial charge is 0.444 e. The van der Waals surface area contributed by atoms with Crippen molar-refractivity contribution in [2.24, 2.45) is 0 Å². The molecule has 0 aliphatic rings. The number of carbonyl (C=O) groups is 2. The van der Waals surface area contributed by atoms with Gasteiger partial charge in [0.15, 0.2) is 0 Å². The second kappa shape index (κ2) is 6.60. The smallest absolute Gasteiger partial charge is 0.410 e. The van der Waals surface area contributed by atoms with Gasteiger partial charge in [0.2, 0.25) is 0 Å². The number of para-hydroxylation sites is 1. The van der Waals surface area contributed by atoms with Gasteiger partial charge in [0, 0.05) is 7.05 Å². The fourth-order valence-corrected chi connectivity index (χ4v) is 1.93. The summed E-state index contributed by atoms with van der Waals surface area (Å²) in [5.41, 5.74) is 0.550. The van der Waals surface area contributed by atoms with Crippen molar-refractivity contribution >= 4 is 12.4 Å². The highest BCUT2D eigenvalue weighted by Crippen LogP contribution is 2.19. The van der Waals surface area contributed by atoms with E-state index in [1.54, 1.807) is 31.6 Å². The molecule has 0 aliphatic carbocycles. The molecule has 0 radical (unpaired) electrons. The van der Waals surface area contributed by atoms with E-state index in [4.69, 9.17) is 4.74 Å². The molecular weight excluding hydrogens is 296 g/mol. The molecule has 1 aromatic carbocycles. The number of ether oxygens (including phenoxy) is 1. The van der Waals surface area contributed by atoms with E-state index < -0.39 is 17.7 Å². The monoisotopic (exact) mass is 316 g/mol. The maximum absolute atomic E-state index is 12.1. The Morgan fingerprint density at radius 2 is 1.96 bits per heavy atom. The second-order valence-corrected chi connectivity index (χ2v) is 6.10. The van der Waals surface area contributed by atoms with E-state index in [9.17, 15) is 9.59 Å². The molecule has 2 aromatic rings. The van der Waals surface area contributed by atoms with E-state index in [1.807, 2.05) is 30.3 Å².